The first kappa shape index (κ1) is 20.0. The molecule has 1 aliphatic heterocycles. The molecule has 0 radical (unpaired) electrons. The van der Waals surface area contributed by atoms with Crippen molar-refractivity contribution in [3.05, 3.63) is 23.8 Å². The first-order valence-electron chi connectivity index (χ1n) is 8.09. The number of hydrogen-bond acceptors (Lipinski definition) is 7. The topological polar surface area (TPSA) is 108 Å². The molecule has 1 N–H and O–H groups in total. The van der Waals surface area contributed by atoms with E-state index in [0.29, 0.717) is 17.1 Å². The smallest absolute Gasteiger partial charge is 0.307 e. The third-order valence-electron chi connectivity index (χ3n) is 4.33. The third kappa shape index (κ3) is 4.87. The molecule has 2 unspecified atom stereocenters. The molecule has 1 amide bonds. The Bertz CT molecular complexity index is 775. The Hall–Kier alpha value is -2.29. The molecule has 0 aliphatic carbocycles. The first-order chi connectivity index (χ1) is 12.3. The minimum atomic E-state index is -3.18. The Balaban J connectivity index is 2.23. The van der Waals surface area contributed by atoms with Crippen LogP contribution in [0.3, 0.4) is 0 Å². The van der Waals surface area contributed by atoms with Gasteiger partial charge in [-0.25, -0.2) is 8.42 Å². The molecule has 0 aromatic heterocycles. The molecule has 9 heteroatoms. The van der Waals surface area contributed by atoms with Gasteiger partial charge in [-0.05, 0) is 24.1 Å². The van der Waals surface area contributed by atoms with Crippen molar-refractivity contribution >= 4 is 21.7 Å². The van der Waals surface area contributed by atoms with Crippen LogP contribution < -0.4 is 14.8 Å². The number of hydrogen-bond donors (Lipinski definition) is 1. The van der Waals surface area contributed by atoms with Crippen molar-refractivity contribution < 1.29 is 32.2 Å². The number of methoxy groups -OCH3 is 3. The molecular weight excluding hydrogens is 362 g/mol. The fraction of sp³-hybridized carbons (Fsp3) is 0.529. The van der Waals surface area contributed by atoms with Gasteiger partial charge in [-0.3, -0.25) is 9.59 Å². The summed E-state index contributed by atoms with van der Waals surface area (Å²) in [5.74, 6) is -0.697. The van der Waals surface area contributed by atoms with Crippen molar-refractivity contribution in [3.8, 4) is 11.5 Å². The molecule has 1 aliphatic rings. The van der Waals surface area contributed by atoms with Gasteiger partial charge < -0.3 is 19.5 Å². The maximum Gasteiger partial charge on any atom is 0.307 e. The van der Waals surface area contributed by atoms with E-state index in [2.05, 4.69) is 5.32 Å². The summed E-state index contributed by atoms with van der Waals surface area (Å²) in [7, 11) is 1.08. The van der Waals surface area contributed by atoms with E-state index >= 15 is 0 Å². The van der Waals surface area contributed by atoms with Crippen LogP contribution in [0.5, 0.6) is 11.5 Å². The molecular formula is C17H23NO7S. The molecule has 1 fully saturated rings. The van der Waals surface area contributed by atoms with Crippen LogP contribution in [-0.4, -0.2) is 53.1 Å². The fourth-order valence-electron chi connectivity index (χ4n) is 2.86. The highest BCUT2D eigenvalue weighted by molar-refractivity contribution is 7.91. The average molecular weight is 385 g/mol. The standard InChI is InChI=1S/C17H23NO7S/c1-23-14-5-4-11(8-15(14)24-2)13(9-16(19)25-3)18-17(20)12-6-7-26(21,22)10-12/h4-5,8,12-13H,6-7,9-10H2,1-3H3,(H,18,20). The number of carbonyl (C=O) groups excluding carboxylic acids is 2. The van der Waals surface area contributed by atoms with Gasteiger partial charge in [-0.15, -0.1) is 0 Å². The van der Waals surface area contributed by atoms with Crippen molar-refractivity contribution in [3.63, 3.8) is 0 Å². The Morgan fingerprint density at radius 1 is 1.19 bits per heavy atom. The first-order valence-corrected chi connectivity index (χ1v) is 9.91. The van der Waals surface area contributed by atoms with Crippen molar-refractivity contribution in [1.29, 1.82) is 0 Å². The summed E-state index contributed by atoms with van der Waals surface area (Å²) < 4.78 is 38.3. The monoisotopic (exact) mass is 385 g/mol. The van der Waals surface area contributed by atoms with Crippen LogP contribution in [0.25, 0.3) is 0 Å². The van der Waals surface area contributed by atoms with E-state index in [-0.39, 0.29) is 24.3 Å². The molecule has 1 saturated heterocycles. The number of amides is 1. The van der Waals surface area contributed by atoms with Crippen LogP contribution in [-0.2, 0) is 24.2 Å². The maximum atomic E-state index is 12.5. The number of benzene rings is 1. The normalized spacial score (nSPS) is 19.4. The van der Waals surface area contributed by atoms with E-state index in [4.69, 9.17) is 14.2 Å². The molecule has 1 heterocycles. The highest BCUT2D eigenvalue weighted by Gasteiger charge is 2.34. The second-order valence-electron chi connectivity index (χ2n) is 6.06. The molecule has 0 spiro atoms. The van der Waals surface area contributed by atoms with E-state index in [1.807, 2.05) is 0 Å². The number of esters is 1. The van der Waals surface area contributed by atoms with Gasteiger partial charge in [-0.2, -0.15) is 0 Å². The van der Waals surface area contributed by atoms with Crippen molar-refractivity contribution in [1.82, 2.24) is 5.32 Å². The molecule has 1 aromatic carbocycles. The average Bonchev–Trinajstić information content (AvgIpc) is 3.00. The molecule has 0 saturated carbocycles. The third-order valence-corrected chi connectivity index (χ3v) is 6.10. The summed E-state index contributed by atoms with van der Waals surface area (Å²) in [5, 5.41) is 2.77. The van der Waals surface area contributed by atoms with Crippen LogP contribution in [0.4, 0.5) is 0 Å². The zero-order valence-electron chi connectivity index (χ0n) is 15.0. The lowest BCUT2D eigenvalue weighted by atomic mass is 10.0. The lowest BCUT2D eigenvalue weighted by molar-refractivity contribution is -0.141. The Labute approximate surface area is 152 Å². The van der Waals surface area contributed by atoms with Gasteiger partial charge in [-0.1, -0.05) is 6.07 Å². The van der Waals surface area contributed by atoms with Gasteiger partial charge in [0.15, 0.2) is 21.3 Å². The number of sulfone groups is 1. The molecule has 0 bridgehead atoms. The Kier molecular flexibility index (Phi) is 6.47. The van der Waals surface area contributed by atoms with Gasteiger partial charge >= 0.3 is 5.97 Å². The number of nitrogens with one attached hydrogen (secondary N) is 1. The molecule has 1 aromatic rings. The van der Waals surface area contributed by atoms with E-state index < -0.39 is 33.7 Å². The van der Waals surface area contributed by atoms with Crippen molar-refractivity contribution in [2.45, 2.75) is 18.9 Å². The van der Waals surface area contributed by atoms with Gasteiger partial charge in [0.05, 0.1) is 51.2 Å². The lowest BCUT2D eigenvalue weighted by Crippen LogP contribution is -2.35. The summed E-state index contributed by atoms with van der Waals surface area (Å²) in [5.41, 5.74) is 0.627. The number of rotatable bonds is 7. The van der Waals surface area contributed by atoms with E-state index in [0.717, 1.165) is 0 Å². The minimum absolute atomic E-state index is 0.00309. The summed E-state index contributed by atoms with van der Waals surface area (Å²) in [4.78, 5) is 24.2. The van der Waals surface area contributed by atoms with E-state index in [1.165, 1.54) is 21.3 Å². The highest BCUT2D eigenvalue weighted by Crippen LogP contribution is 2.31. The molecule has 2 rings (SSSR count). The highest BCUT2D eigenvalue weighted by atomic mass is 32.2. The maximum absolute atomic E-state index is 12.5. The molecule has 144 valence electrons. The van der Waals surface area contributed by atoms with Crippen molar-refractivity contribution in [2.24, 2.45) is 5.92 Å². The summed E-state index contributed by atoms with van der Waals surface area (Å²) in [6, 6.07) is 4.38. The van der Waals surface area contributed by atoms with Gasteiger partial charge in [0.2, 0.25) is 5.91 Å². The van der Waals surface area contributed by atoms with Crippen LogP contribution in [0.1, 0.15) is 24.4 Å². The quantitative estimate of drug-likeness (QED) is 0.694. The van der Waals surface area contributed by atoms with E-state index in [9.17, 15) is 18.0 Å². The fourth-order valence-corrected chi connectivity index (χ4v) is 4.60. The second-order valence-corrected chi connectivity index (χ2v) is 8.28. The zero-order chi connectivity index (χ0) is 19.3. The summed E-state index contributed by atoms with van der Waals surface area (Å²) in [6.45, 7) is 0. The summed E-state index contributed by atoms with van der Waals surface area (Å²) in [6.07, 6.45) is 0.197. The van der Waals surface area contributed by atoms with Crippen LogP contribution in [0, 0.1) is 5.92 Å². The van der Waals surface area contributed by atoms with Gasteiger partial charge in [0, 0.05) is 0 Å². The van der Waals surface area contributed by atoms with E-state index in [1.54, 1.807) is 18.2 Å². The molecule has 8 nitrogen and oxygen atoms in total. The predicted octanol–water partition coefficient (Wildman–Crippen LogP) is 0.859. The predicted molar refractivity (Wildman–Crippen MR) is 93.8 cm³/mol. The minimum Gasteiger partial charge on any atom is -0.493 e. The molecule has 2 atom stereocenters. The Morgan fingerprint density at radius 2 is 1.88 bits per heavy atom. The summed E-state index contributed by atoms with van der Waals surface area (Å²) >= 11 is 0. The Morgan fingerprint density at radius 3 is 2.42 bits per heavy atom. The lowest BCUT2D eigenvalue weighted by Gasteiger charge is -2.21. The SMILES string of the molecule is COC(=O)CC(NC(=O)C1CCS(=O)(=O)C1)c1ccc(OC)c(OC)c1. The zero-order valence-corrected chi connectivity index (χ0v) is 15.8. The van der Waals surface area contributed by atoms with Crippen LogP contribution >= 0.6 is 0 Å². The van der Waals surface area contributed by atoms with Crippen LogP contribution in [0.15, 0.2) is 18.2 Å². The number of ether oxygens (including phenoxy) is 3. The largest absolute Gasteiger partial charge is 0.493 e. The second kappa shape index (κ2) is 8.39. The van der Waals surface area contributed by atoms with Gasteiger partial charge in [0.25, 0.3) is 0 Å². The number of carbonyl (C=O) groups is 2. The van der Waals surface area contributed by atoms with Crippen molar-refractivity contribution in [2.75, 3.05) is 32.8 Å². The molecule has 26 heavy (non-hydrogen) atoms. The van der Waals surface area contributed by atoms with Gasteiger partial charge in [0.1, 0.15) is 0 Å². The van der Waals surface area contributed by atoms with Crippen LogP contribution in [0.2, 0.25) is 0 Å².